The Hall–Kier alpha value is -3.09. The molecule has 0 spiro atoms. The van der Waals surface area contributed by atoms with Gasteiger partial charge in [-0.25, -0.2) is 13.8 Å². The van der Waals surface area contributed by atoms with Gasteiger partial charge in [-0.05, 0) is 18.2 Å². The van der Waals surface area contributed by atoms with Crippen molar-refractivity contribution in [2.75, 3.05) is 43.4 Å². The van der Waals surface area contributed by atoms with Crippen LogP contribution in [0.2, 0.25) is 5.02 Å². The Bertz CT molecular complexity index is 1420. The molecule has 39 heavy (non-hydrogen) atoms. The highest BCUT2D eigenvalue weighted by Crippen LogP contribution is 2.52. The van der Waals surface area contributed by atoms with Crippen molar-refractivity contribution in [2.24, 2.45) is 10.7 Å². The number of nitrogens with two attached hydrogens (primary N) is 1. The van der Waals surface area contributed by atoms with E-state index in [1.54, 1.807) is 14.7 Å². The Morgan fingerprint density at radius 1 is 1.13 bits per heavy atom. The van der Waals surface area contributed by atoms with Gasteiger partial charge in [0, 0.05) is 72.2 Å². The topological polar surface area (TPSA) is 65.2 Å². The number of amidine groups is 1. The standard InChI is InChI=1S/C26H23ClF5N5OS/c1-3-21(38)35-4-6-36(7-5-35)25-16-8-17(26(30,31)32)22(15-9-18(27)20(29)10-19(15)28)24-23(16)37(13(2)34-25)11-14(33)12-39-24/h3,8-10,14H,1-2,4-7,11-12,33H2. The summed E-state index contributed by atoms with van der Waals surface area (Å²) in [5.41, 5.74) is 4.79. The summed E-state index contributed by atoms with van der Waals surface area (Å²) in [6.45, 7) is 9.04. The number of carbonyl (C=O) groups is 1. The molecule has 3 aliphatic heterocycles. The van der Waals surface area contributed by atoms with Crippen LogP contribution in [0.4, 0.5) is 27.6 Å². The van der Waals surface area contributed by atoms with Crippen LogP contribution in [0.3, 0.4) is 0 Å². The lowest BCUT2D eigenvalue weighted by Crippen LogP contribution is -2.51. The number of anilines is 1. The van der Waals surface area contributed by atoms with Crippen LogP contribution in [-0.2, 0) is 11.0 Å². The Morgan fingerprint density at radius 2 is 1.82 bits per heavy atom. The van der Waals surface area contributed by atoms with E-state index in [-0.39, 0.29) is 40.3 Å². The summed E-state index contributed by atoms with van der Waals surface area (Å²) in [7, 11) is 0. The Balaban J connectivity index is 1.74. The summed E-state index contributed by atoms with van der Waals surface area (Å²) in [6, 6.07) is 1.84. The number of rotatable bonds is 2. The van der Waals surface area contributed by atoms with Gasteiger partial charge in [0.25, 0.3) is 0 Å². The van der Waals surface area contributed by atoms with Crippen molar-refractivity contribution in [1.82, 2.24) is 9.80 Å². The van der Waals surface area contributed by atoms with E-state index in [4.69, 9.17) is 17.3 Å². The molecule has 0 saturated carbocycles. The average Bonchev–Trinajstić information content (AvgIpc) is 3.07. The van der Waals surface area contributed by atoms with E-state index in [0.29, 0.717) is 37.9 Å². The molecule has 1 unspecified atom stereocenters. The second-order valence-corrected chi connectivity index (χ2v) is 10.8. The lowest BCUT2D eigenvalue weighted by atomic mass is 9.92. The van der Waals surface area contributed by atoms with E-state index < -0.39 is 45.6 Å². The van der Waals surface area contributed by atoms with E-state index in [0.717, 1.165) is 23.9 Å². The van der Waals surface area contributed by atoms with Crippen LogP contribution in [0, 0.1) is 11.6 Å². The van der Waals surface area contributed by atoms with Gasteiger partial charge in [-0.2, -0.15) is 13.2 Å². The van der Waals surface area contributed by atoms with E-state index in [9.17, 15) is 22.4 Å². The maximum absolute atomic E-state index is 15.1. The van der Waals surface area contributed by atoms with Crippen molar-refractivity contribution in [2.45, 2.75) is 17.1 Å². The number of halogens is 6. The number of carbonyl (C=O) groups excluding carboxylic acids is 1. The Morgan fingerprint density at radius 3 is 2.46 bits per heavy atom. The average molecular weight is 584 g/mol. The van der Waals surface area contributed by atoms with E-state index in [1.165, 1.54) is 6.08 Å². The molecule has 2 N–H and O–H groups in total. The summed E-state index contributed by atoms with van der Waals surface area (Å²) in [5.74, 6) is -1.72. The van der Waals surface area contributed by atoms with Gasteiger partial charge in [-0.15, -0.1) is 11.8 Å². The van der Waals surface area contributed by atoms with Gasteiger partial charge in [0.2, 0.25) is 5.91 Å². The third-order valence-electron chi connectivity index (χ3n) is 6.82. The molecule has 0 bridgehead atoms. The lowest BCUT2D eigenvalue weighted by Gasteiger charge is -2.40. The van der Waals surface area contributed by atoms with Crippen molar-refractivity contribution in [1.29, 1.82) is 0 Å². The molecule has 1 fully saturated rings. The van der Waals surface area contributed by atoms with Crippen LogP contribution in [0.1, 0.15) is 11.1 Å². The molecule has 206 valence electrons. The quantitative estimate of drug-likeness (QED) is 0.303. The smallest absolute Gasteiger partial charge is 0.352 e. The van der Waals surface area contributed by atoms with Crippen LogP contribution < -0.4 is 10.6 Å². The number of thioether (sulfide) groups is 1. The summed E-state index contributed by atoms with van der Waals surface area (Å²) in [5, 5.41) is -0.504. The first-order valence-electron chi connectivity index (χ1n) is 11.9. The minimum absolute atomic E-state index is 0.128. The van der Waals surface area contributed by atoms with Crippen molar-refractivity contribution in [3.05, 3.63) is 71.0 Å². The molecule has 1 atom stereocenters. The zero-order valence-electron chi connectivity index (χ0n) is 20.5. The largest absolute Gasteiger partial charge is 0.417 e. The number of aliphatic imine (C=N–C) groups is 1. The van der Waals surface area contributed by atoms with E-state index >= 15 is 4.39 Å². The minimum atomic E-state index is -4.90. The SMILES string of the molecule is C=CC(=O)N1CCN(C2=NC(=C)N3CC(N)CSc4c(-c5cc(Cl)c(F)cc5F)c(C(F)(F)F)cc2c43)CC1. The number of hydrogen-bond donors (Lipinski definition) is 1. The van der Waals surface area contributed by atoms with Crippen molar-refractivity contribution >= 4 is 40.8 Å². The molecule has 6 nitrogen and oxygen atoms in total. The predicted octanol–water partition coefficient (Wildman–Crippen LogP) is 5.11. The molecule has 2 aromatic rings. The van der Waals surface area contributed by atoms with Gasteiger partial charge in [0.15, 0.2) is 0 Å². The normalized spacial score (nSPS) is 19.5. The van der Waals surface area contributed by atoms with Crippen LogP contribution in [0.25, 0.3) is 11.1 Å². The molecular formula is C26H23ClF5N5OS. The fourth-order valence-corrected chi connectivity index (χ4v) is 6.36. The van der Waals surface area contributed by atoms with E-state index in [1.807, 2.05) is 0 Å². The first kappa shape index (κ1) is 27.5. The van der Waals surface area contributed by atoms with Crippen LogP contribution in [0.5, 0.6) is 0 Å². The number of alkyl halides is 3. The predicted molar refractivity (Wildman–Crippen MR) is 142 cm³/mol. The third-order valence-corrected chi connectivity index (χ3v) is 8.39. The van der Waals surface area contributed by atoms with Crippen LogP contribution in [-0.4, -0.2) is 66.1 Å². The molecule has 13 heteroatoms. The summed E-state index contributed by atoms with van der Waals surface area (Å²) >= 11 is 6.96. The monoisotopic (exact) mass is 583 g/mol. The van der Waals surface area contributed by atoms with E-state index in [2.05, 4.69) is 18.2 Å². The molecule has 1 amide bonds. The van der Waals surface area contributed by atoms with Crippen molar-refractivity contribution < 1.29 is 26.7 Å². The highest BCUT2D eigenvalue weighted by atomic mass is 35.5. The summed E-state index contributed by atoms with van der Waals surface area (Å²) < 4.78 is 73.0. The second-order valence-electron chi connectivity index (χ2n) is 9.32. The highest BCUT2D eigenvalue weighted by Gasteiger charge is 2.42. The number of hydrogen-bond acceptors (Lipinski definition) is 6. The van der Waals surface area contributed by atoms with Crippen LogP contribution >= 0.6 is 23.4 Å². The number of nitrogens with zero attached hydrogens (tertiary/aromatic N) is 4. The molecule has 5 rings (SSSR count). The lowest BCUT2D eigenvalue weighted by molar-refractivity contribution is -0.137. The fourth-order valence-electron chi connectivity index (χ4n) is 4.99. The first-order chi connectivity index (χ1) is 18.4. The molecule has 0 aromatic heterocycles. The summed E-state index contributed by atoms with van der Waals surface area (Å²) in [4.78, 5) is 21.8. The molecule has 1 saturated heterocycles. The van der Waals surface area contributed by atoms with Gasteiger partial charge in [0.05, 0.1) is 16.3 Å². The molecular weight excluding hydrogens is 561 g/mol. The fraction of sp³-hybridized carbons (Fsp3) is 0.308. The number of amides is 1. The van der Waals surface area contributed by atoms with Gasteiger partial charge < -0.3 is 20.4 Å². The Labute approximate surface area is 230 Å². The maximum atomic E-state index is 15.1. The minimum Gasteiger partial charge on any atom is -0.352 e. The number of benzene rings is 2. The first-order valence-corrected chi connectivity index (χ1v) is 13.3. The third kappa shape index (κ3) is 4.89. The van der Waals surface area contributed by atoms with Crippen molar-refractivity contribution in [3.63, 3.8) is 0 Å². The van der Waals surface area contributed by atoms with Gasteiger partial charge >= 0.3 is 6.18 Å². The zero-order chi connectivity index (χ0) is 28.2. The van der Waals surface area contributed by atoms with Crippen molar-refractivity contribution in [3.8, 4) is 11.1 Å². The van der Waals surface area contributed by atoms with Crippen LogP contribution in [0.15, 0.2) is 53.1 Å². The molecule has 0 radical (unpaired) electrons. The van der Waals surface area contributed by atoms with Gasteiger partial charge in [0.1, 0.15) is 23.3 Å². The van der Waals surface area contributed by atoms with Gasteiger partial charge in [-0.3, -0.25) is 4.79 Å². The molecule has 2 aromatic carbocycles. The van der Waals surface area contributed by atoms with Gasteiger partial charge in [-0.1, -0.05) is 24.8 Å². The second kappa shape index (κ2) is 10.1. The zero-order valence-corrected chi connectivity index (χ0v) is 22.1. The summed E-state index contributed by atoms with van der Waals surface area (Å²) in [6.07, 6.45) is -3.69. The molecule has 3 heterocycles. The highest BCUT2D eigenvalue weighted by molar-refractivity contribution is 7.99. The Kier molecular flexibility index (Phi) is 7.15. The molecule has 3 aliphatic rings. The molecule has 0 aliphatic carbocycles. The maximum Gasteiger partial charge on any atom is 0.417 e. The number of piperazine rings is 1.